The molecule has 4 heteroatoms. The quantitative estimate of drug-likeness (QED) is 0.169. The van der Waals surface area contributed by atoms with E-state index in [1.807, 2.05) is 11.3 Å². The molecule has 1 unspecified atom stereocenters. The van der Waals surface area contributed by atoms with Gasteiger partial charge in [0.25, 0.3) is 0 Å². The summed E-state index contributed by atoms with van der Waals surface area (Å²) in [5.74, 6) is 2.34. The van der Waals surface area contributed by atoms with Gasteiger partial charge in [0.05, 0.1) is 0 Å². The first-order valence-electron chi connectivity index (χ1n) is 19.9. The Balaban J connectivity index is 0.996. The van der Waals surface area contributed by atoms with E-state index in [-0.39, 0.29) is 0 Å². The molecular weight excluding hydrogens is 723 g/mol. The summed E-state index contributed by atoms with van der Waals surface area (Å²) in [5, 5.41) is 2.54. The van der Waals surface area contributed by atoms with Crippen LogP contribution in [0.3, 0.4) is 0 Å². The Kier molecular flexibility index (Phi) is 8.56. The first-order valence-corrected chi connectivity index (χ1v) is 20.8. The molecule has 2 aromatic heterocycles. The lowest BCUT2D eigenvalue weighted by Gasteiger charge is -2.18. The molecular formula is C54H37N3S. The minimum atomic E-state index is 0.331. The highest BCUT2D eigenvalue weighted by molar-refractivity contribution is 7.25. The van der Waals surface area contributed by atoms with E-state index in [1.54, 1.807) is 0 Å². The van der Waals surface area contributed by atoms with Crippen molar-refractivity contribution in [2.45, 2.75) is 18.8 Å². The molecule has 0 amide bonds. The third kappa shape index (κ3) is 6.28. The summed E-state index contributed by atoms with van der Waals surface area (Å²) in [6.45, 7) is 0. The molecule has 58 heavy (non-hydrogen) atoms. The summed E-state index contributed by atoms with van der Waals surface area (Å²) in [4.78, 5) is 15.6. The van der Waals surface area contributed by atoms with Crippen molar-refractivity contribution < 1.29 is 0 Å². The standard InChI is InChI=1S/C54H37N3S/c1-3-11-35(12-4-1)36-19-21-37(22-20-36)38-23-25-40(26-24-38)52-55-53(57-54(56-52)43-29-32-49-48-17-9-10-18-50(48)58-51(49)34-43)42-28-31-45-41(33-42)27-30-44(39-13-5-2-6-14-39)46-15-7-8-16-47(45)46/h1-26,28-29,31-34,44H,27,30H2. The summed E-state index contributed by atoms with van der Waals surface area (Å²) in [5.41, 5.74) is 14.3. The van der Waals surface area contributed by atoms with Gasteiger partial charge in [-0.15, -0.1) is 11.3 Å². The molecule has 0 saturated carbocycles. The molecule has 0 N–H and O–H groups in total. The van der Waals surface area contributed by atoms with Crippen molar-refractivity contribution in [3.05, 3.63) is 211 Å². The lowest BCUT2D eigenvalue weighted by atomic mass is 9.86. The van der Waals surface area contributed by atoms with Gasteiger partial charge in [-0.3, -0.25) is 0 Å². The summed E-state index contributed by atoms with van der Waals surface area (Å²) >= 11 is 1.81. The highest BCUT2D eigenvalue weighted by atomic mass is 32.1. The molecule has 274 valence electrons. The highest BCUT2D eigenvalue weighted by Gasteiger charge is 2.24. The summed E-state index contributed by atoms with van der Waals surface area (Å²) < 4.78 is 2.50. The Hall–Kier alpha value is -7.01. The summed E-state index contributed by atoms with van der Waals surface area (Å²) in [6.07, 6.45) is 1.99. The first-order chi connectivity index (χ1) is 28.7. The summed E-state index contributed by atoms with van der Waals surface area (Å²) in [7, 11) is 0. The van der Waals surface area contributed by atoms with Crippen molar-refractivity contribution in [3.8, 4) is 67.5 Å². The Morgan fingerprint density at radius 3 is 1.62 bits per heavy atom. The van der Waals surface area contributed by atoms with Gasteiger partial charge in [0, 0.05) is 42.8 Å². The predicted molar refractivity (Wildman–Crippen MR) is 242 cm³/mol. The fourth-order valence-electron chi connectivity index (χ4n) is 8.66. The fraction of sp³-hybridized carbons (Fsp3) is 0.0556. The lowest BCUT2D eigenvalue weighted by Crippen LogP contribution is -2.02. The van der Waals surface area contributed by atoms with Gasteiger partial charge in [0.1, 0.15) is 0 Å². The molecule has 0 radical (unpaired) electrons. The zero-order valence-electron chi connectivity index (χ0n) is 31.7. The van der Waals surface area contributed by atoms with Gasteiger partial charge in [0.2, 0.25) is 0 Å². The van der Waals surface area contributed by atoms with Gasteiger partial charge in [-0.2, -0.15) is 0 Å². The van der Waals surface area contributed by atoms with Crippen LogP contribution in [-0.2, 0) is 6.42 Å². The number of hydrogen-bond donors (Lipinski definition) is 0. The number of aryl methyl sites for hydroxylation is 1. The minimum Gasteiger partial charge on any atom is -0.208 e. The van der Waals surface area contributed by atoms with Crippen molar-refractivity contribution in [2.24, 2.45) is 0 Å². The second-order valence-corrected chi connectivity index (χ2v) is 16.2. The molecule has 1 aliphatic carbocycles. The second-order valence-electron chi connectivity index (χ2n) is 15.1. The van der Waals surface area contributed by atoms with Crippen molar-refractivity contribution in [1.82, 2.24) is 15.0 Å². The number of fused-ring (bicyclic) bond motifs is 6. The van der Waals surface area contributed by atoms with Gasteiger partial charge in [0.15, 0.2) is 17.5 Å². The number of nitrogens with zero attached hydrogens (tertiary/aromatic N) is 3. The smallest absolute Gasteiger partial charge is 0.164 e. The first kappa shape index (κ1) is 34.3. The maximum atomic E-state index is 5.22. The van der Waals surface area contributed by atoms with Crippen LogP contribution >= 0.6 is 11.3 Å². The Bertz CT molecular complexity index is 3100. The number of rotatable bonds is 6. The van der Waals surface area contributed by atoms with E-state index in [4.69, 9.17) is 15.0 Å². The van der Waals surface area contributed by atoms with Gasteiger partial charge < -0.3 is 0 Å². The lowest BCUT2D eigenvalue weighted by molar-refractivity contribution is 0.726. The number of thiophene rings is 1. The molecule has 3 nitrogen and oxygen atoms in total. The van der Waals surface area contributed by atoms with Gasteiger partial charge in [-0.25, -0.2) is 15.0 Å². The van der Waals surface area contributed by atoms with Crippen LogP contribution in [0.1, 0.15) is 29.0 Å². The predicted octanol–water partition coefficient (Wildman–Crippen LogP) is 14.3. The van der Waals surface area contributed by atoms with Crippen LogP contribution in [0.4, 0.5) is 0 Å². The molecule has 0 fully saturated rings. The van der Waals surface area contributed by atoms with Gasteiger partial charge in [-0.05, 0) is 81.1 Å². The van der Waals surface area contributed by atoms with Gasteiger partial charge >= 0.3 is 0 Å². The molecule has 10 aromatic rings. The number of aromatic nitrogens is 3. The SMILES string of the molecule is c1ccc(-c2ccc(-c3ccc(-c4nc(-c5ccc6c(c5)CCC(c5ccccc5)c5ccccc5-6)nc(-c5ccc6c(c5)sc5ccccc56)n4)cc3)cc2)cc1. The van der Waals surface area contributed by atoms with Crippen molar-refractivity contribution in [3.63, 3.8) is 0 Å². The van der Waals surface area contributed by atoms with Crippen LogP contribution in [0.2, 0.25) is 0 Å². The van der Waals surface area contributed by atoms with Crippen molar-refractivity contribution in [2.75, 3.05) is 0 Å². The zero-order valence-corrected chi connectivity index (χ0v) is 32.5. The van der Waals surface area contributed by atoms with Crippen LogP contribution < -0.4 is 0 Å². The Labute approximate surface area is 342 Å². The Morgan fingerprint density at radius 1 is 0.379 bits per heavy atom. The third-order valence-electron chi connectivity index (χ3n) is 11.6. The van der Waals surface area contributed by atoms with E-state index < -0.39 is 0 Å². The van der Waals surface area contributed by atoms with Crippen LogP contribution in [-0.4, -0.2) is 15.0 Å². The molecule has 0 spiro atoms. The van der Waals surface area contributed by atoms with E-state index in [0.717, 1.165) is 35.1 Å². The molecule has 0 bridgehead atoms. The zero-order chi connectivity index (χ0) is 38.4. The molecule has 1 aliphatic rings. The second kappa shape index (κ2) is 14.5. The van der Waals surface area contributed by atoms with E-state index in [2.05, 4.69) is 194 Å². The van der Waals surface area contributed by atoms with E-state index in [9.17, 15) is 0 Å². The van der Waals surface area contributed by atoms with Crippen LogP contribution in [0.15, 0.2) is 194 Å². The van der Waals surface area contributed by atoms with Gasteiger partial charge in [-0.1, -0.05) is 176 Å². The largest absolute Gasteiger partial charge is 0.208 e. The molecule has 1 atom stereocenters. The highest BCUT2D eigenvalue weighted by Crippen LogP contribution is 2.43. The molecule has 0 aliphatic heterocycles. The molecule has 2 heterocycles. The topological polar surface area (TPSA) is 38.7 Å². The van der Waals surface area contributed by atoms with Crippen molar-refractivity contribution >= 4 is 31.5 Å². The minimum absolute atomic E-state index is 0.331. The Morgan fingerprint density at radius 2 is 0.897 bits per heavy atom. The van der Waals surface area contributed by atoms with Crippen LogP contribution in [0.5, 0.6) is 0 Å². The maximum absolute atomic E-state index is 5.22. The normalized spacial score (nSPS) is 13.6. The number of hydrogen-bond acceptors (Lipinski definition) is 4. The monoisotopic (exact) mass is 759 g/mol. The van der Waals surface area contributed by atoms with E-state index in [0.29, 0.717) is 23.4 Å². The third-order valence-corrected chi connectivity index (χ3v) is 12.8. The maximum Gasteiger partial charge on any atom is 0.164 e. The molecule has 0 saturated heterocycles. The van der Waals surface area contributed by atoms with Crippen LogP contribution in [0, 0.1) is 0 Å². The average molecular weight is 760 g/mol. The van der Waals surface area contributed by atoms with E-state index >= 15 is 0 Å². The van der Waals surface area contributed by atoms with Crippen molar-refractivity contribution in [1.29, 1.82) is 0 Å². The molecule has 11 rings (SSSR count). The summed E-state index contributed by atoms with van der Waals surface area (Å²) in [6, 6.07) is 69.7. The molecule has 8 aromatic carbocycles. The average Bonchev–Trinajstić information content (AvgIpc) is 3.59. The fourth-order valence-corrected chi connectivity index (χ4v) is 9.81. The van der Waals surface area contributed by atoms with E-state index in [1.165, 1.54) is 64.7 Å². The number of benzene rings is 8. The van der Waals surface area contributed by atoms with Crippen LogP contribution in [0.25, 0.3) is 87.7 Å².